The third-order valence-electron chi connectivity index (χ3n) is 1.16. The molecule has 0 radical (unpaired) electrons. The second kappa shape index (κ2) is 6.05. The zero-order valence-electron chi connectivity index (χ0n) is 7.19. The minimum atomic E-state index is -0.992. The van der Waals surface area contributed by atoms with Crippen LogP contribution in [0.5, 0.6) is 0 Å². The summed E-state index contributed by atoms with van der Waals surface area (Å²) in [5.41, 5.74) is 5.32. The Balaban J connectivity index is 3.93. The zero-order valence-corrected chi connectivity index (χ0v) is 8.00. The van der Waals surface area contributed by atoms with Crippen LogP contribution >= 0.6 is 0 Å². The average molecular weight is 192 g/mol. The molecule has 0 fully saturated rings. The van der Waals surface area contributed by atoms with Gasteiger partial charge in [-0.3, -0.25) is 4.79 Å². The topological polar surface area (TPSA) is 72.6 Å². The van der Waals surface area contributed by atoms with Crippen LogP contribution in [0.3, 0.4) is 0 Å². The van der Waals surface area contributed by atoms with Gasteiger partial charge in [-0.15, -0.1) is 0 Å². The predicted molar refractivity (Wildman–Crippen MR) is 49.7 cm³/mol. The molecule has 2 atom stereocenters. The van der Waals surface area contributed by atoms with Gasteiger partial charge in [-0.25, -0.2) is 0 Å². The van der Waals surface area contributed by atoms with Gasteiger partial charge in [0.05, 0.1) is 7.11 Å². The normalized spacial score (nSPS) is 16.2. The summed E-state index contributed by atoms with van der Waals surface area (Å²) in [7, 11) is 1.54. The summed E-state index contributed by atoms with van der Waals surface area (Å²) in [6, 6.07) is -0.843. The molecule has 0 aliphatic heterocycles. The van der Waals surface area contributed by atoms with Gasteiger partial charge in [0.1, 0.15) is 0 Å². The Kier molecular flexibility index (Phi) is 5.79. The van der Waals surface area contributed by atoms with Gasteiger partial charge in [0.2, 0.25) is 0 Å². The molecule has 0 aromatic carbocycles. The van der Waals surface area contributed by atoms with Crippen LogP contribution in [0.2, 0.25) is 0 Å². The molecule has 0 aromatic rings. The fourth-order valence-electron chi connectivity index (χ4n) is 0.579. The molecule has 2 unspecified atom stereocenters. The van der Waals surface area contributed by atoms with E-state index in [0.29, 0.717) is 5.75 Å². The van der Waals surface area contributed by atoms with Crippen LogP contribution in [0.15, 0.2) is 11.5 Å². The Labute approximate surface area is 74.9 Å². The van der Waals surface area contributed by atoms with Gasteiger partial charge in [0.25, 0.3) is 0 Å². The molecule has 12 heavy (non-hydrogen) atoms. The van der Waals surface area contributed by atoms with Crippen molar-refractivity contribution in [1.82, 2.24) is 0 Å². The summed E-state index contributed by atoms with van der Waals surface area (Å²) in [5.74, 6) is -0.662. The highest BCUT2D eigenvalue weighted by molar-refractivity contribution is 7.95. The van der Waals surface area contributed by atoms with Gasteiger partial charge in [0.15, 0.2) is 28.4 Å². The highest BCUT2D eigenvalue weighted by Crippen LogP contribution is 2.01. The fraction of sp³-hybridized carbons (Fsp3) is 0.571. The molecule has 0 saturated carbocycles. The number of carboxylic acid groups (broad SMARTS) is 1. The van der Waals surface area contributed by atoms with Crippen molar-refractivity contribution in [1.29, 1.82) is 0 Å². The lowest BCUT2D eigenvalue weighted by Crippen LogP contribution is -2.37. The van der Waals surface area contributed by atoms with Crippen molar-refractivity contribution < 1.29 is 14.1 Å². The smallest absolute Gasteiger partial charge is 0.325 e. The molecule has 5 heteroatoms. The second-order valence-corrected chi connectivity index (χ2v) is 3.83. The summed E-state index contributed by atoms with van der Waals surface area (Å²) in [6.07, 6.45) is 1.82. The molecule has 3 N–H and O–H groups in total. The lowest BCUT2D eigenvalue weighted by atomic mass is 10.4. The van der Waals surface area contributed by atoms with Crippen molar-refractivity contribution in [2.24, 2.45) is 5.73 Å². The summed E-state index contributed by atoms with van der Waals surface area (Å²) < 4.78 is 5.01. The number of allylic oxidation sites excluding steroid dienone is 1. The van der Waals surface area contributed by atoms with Gasteiger partial charge in [0, 0.05) is 0 Å². The Morgan fingerprint density at radius 3 is 2.75 bits per heavy atom. The highest BCUT2D eigenvalue weighted by Gasteiger charge is 2.24. The Bertz CT molecular complexity index is 172. The number of nitrogens with two attached hydrogens (primary N) is 1. The molecular formula is C7H14NO3S+. The first-order chi connectivity index (χ1) is 5.61. The van der Waals surface area contributed by atoms with E-state index in [0.717, 1.165) is 0 Å². The van der Waals surface area contributed by atoms with E-state index in [1.165, 1.54) is 7.11 Å². The van der Waals surface area contributed by atoms with E-state index in [1.807, 2.05) is 18.4 Å². The van der Waals surface area contributed by atoms with Crippen molar-refractivity contribution in [3.8, 4) is 0 Å². The number of carbonyl (C=O) groups is 1. The number of hydrogen-bond acceptors (Lipinski definition) is 3. The molecule has 0 saturated heterocycles. The predicted octanol–water partition coefficient (Wildman–Crippen LogP) is 0.112. The van der Waals surface area contributed by atoms with Crippen LogP contribution in [0.25, 0.3) is 0 Å². The van der Waals surface area contributed by atoms with E-state index in [9.17, 15) is 4.79 Å². The summed E-state index contributed by atoms with van der Waals surface area (Å²) in [4.78, 5) is 10.4. The molecule has 0 spiro atoms. The average Bonchev–Trinajstić information content (AvgIpc) is 2.03. The van der Waals surface area contributed by atoms with Crippen LogP contribution < -0.4 is 5.73 Å². The van der Waals surface area contributed by atoms with E-state index in [-0.39, 0.29) is 0 Å². The van der Waals surface area contributed by atoms with Crippen molar-refractivity contribution in [3.05, 3.63) is 11.5 Å². The van der Waals surface area contributed by atoms with E-state index in [2.05, 4.69) is 0 Å². The third-order valence-corrected chi connectivity index (χ3v) is 2.85. The van der Waals surface area contributed by atoms with E-state index in [4.69, 9.17) is 15.0 Å². The lowest BCUT2D eigenvalue weighted by Gasteiger charge is -2.02. The largest absolute Gasteiger partial charge is 0.480 e. The van der Waals surface area contributed by atoms with Crippen molar-refractivity contribution >= 4 is 17.1 Å². The van der Waals surface area contributed by atoms with Crippen molar-refractivity contribution in [2.75, 3.05) is 12.9 Å². The number of hydrogen-bond donors (Lipinski definition) is 2. The van der Waals surface area contributed by atoms with E-state index < -0.39 is 23.2 Å². The van der Waals surface area contributed by atoms with Crippen LogP contribution in [0.4, 0.5) is 0 Å². The maximum absolute atomic E-state index is 10.4. The molecule has 70 valence electrons. The van der Waals surface area contributed by atoms with Crippen LogP contribution in [-0.2, 0) is 20.2 Å². The minimum absolute atomic E-state index is 0.330. The molecule has 0 amide bonds. The molecule has 0 bridgehead atoms. The van der Waals surface area contributed by atoms with Crippen LogP contribution in [-0.4, -0.2) is 30.0 Å². The monoisotopic (exact) mass is 192 g/mol. The highest BCUT2D eigenvalue weighted by atomic mass is 32.2. The number of rotatable bonds is 5. The van der Waals surface area contributed by atoms with Gasteiger partial charge in [-0.1, -0.05) is 0 Å². The molecule has 0 aromatic heterocycles. The van der Waals surface area contributed by atoms with Crippen LogP contribution in [0.1, 0.15) is 6.92 Å². The van der Waals surface area contributed by atoms with Gasteiger partial charge in [-0.2, -0.15) is 4.18 Å². The van der Waals surface area contributed by atoms with Gasteiger partial charge >= 0.3 is 5.97 Å². The molecular weight excluding hydrogens is 178 g/mol. The fourth-order valence-corrected chi connectivity index (χ4v) is 1.74. The first-order valence-corrected chi connectivity index (χ1v) is 4.85. The van der Waals surface area contributed by atoms with E-state index >= 15 is 0 Å². The van der Waals surface area contributed by atoms with Gasteiger partial charge < -0.3 is 10.8 Å². The zero-order chi connectivity index (χ0) is 9.56. The minimum Gasteiger partial charge on any atom is -0.480 e. The lowest BCUT2D eigenvalue weighted by molar-refractivity contribution is -0.137. The molecule has 0 heterocycles. The Hall–Kier alpha value is -0.520. The van der Waals surface area contributed by atoms with Gasteiger partial charge in [-0.05, 0) is 13.0 Å². The molecule has 0 aliphatic rings. The summed E-state index contributed by atoms with van der Waals surface area (Å²) in [6.45, 7) is 1.85. The van der Waals surface area contributed by atoms with Crippen LogP contribution in [0, 0.1) is 0 Å². The quantitative estimate of drug-likeness (QED) is 0.606. The molecule has 0 rings (SSSR count). The SMILES string of the molecule is C/C=C/[S+](CC(N)C(=O)O)OC. The summed E-state index contributed by atoms with van der Waals surface area (Å²) in [5, 5.41) is 10.3. The Morgan fingerprint density at radius 1 is 1.83 bits per heavy atom. The number of carboxylic acids is 1. The number of aliphatic carboxylic acids is 1. The Morgan fingerprint density at radius 2 is 2.42 bits per heavy atom. The first-order valence-electron chi connectivity index (χ1n) is 3.47. The summed E-state index contributed by atoms with van der Waals surface area (Å²) >= 11 is -0.469. The standard InChI is InChI=1S/C7H13NO3S/c1-3-4-12(11-2)5-6(8)7(9)10/h3-4,6H,5,8H2,1-2H3/p+1/b4-3+. The second-order valence-electron chi connectivity index (χ2n) is 2.13. The van der Waals surface area contributed by atoms with Crippen molar-refractivity contribution in [3.63, 3.8) is 0 Å². The van der Waals surface area contributed by atoms with E-state index in [1.54, 1.807) is 0 Å². The maximum atomic E-state index is 10.4. The molecule has 0 aliphatic carbocycles. The van der Waals surface area contributed by atoms with Crippen molar-refractivity contribution in [2.45, 2.75) is 13.0 Å². The third kappa shape index (κ3) is 4.38. The maximum Gasteiger partial charge on any atom is 0.325 e. The first kappa shape index (κ1) is 11.5. The molecule has 4 nitrogen and oxygen atoms in total.